The van der Waals surface area contributed by atoms with Crippen molar-refractivity contribution in [2.45, 2.75) is 83.1 Å². The molecule has 0 radical (unpaired) electrons. The number of rotatable bonds is 39. The van der Waals surface area contributed by atoms with Gasteiger partial charge in [0.1, 0.15) is 0 Å². The Morgan fingerprint density at radius 3 is 0.440 bits per heavy atom. The van der Waals surface area contributed by atoms with Gasteiger partial charge in [0.25, 0.3) is 0 Å². The van der Waals surface area contributed by atoms with E-state index in [4.69, 9.17) is 54.3 Å². The van der Waals surface area contributed by atoms with Gasteiger partial charge in [-0.1, -0.05) is 109 Å². The molecular formula is C96H102N3O19P7. The predicted octanol–water partition coefficient (Wildman–Crippen LogP) is 23.0. The number of hydrogen-bond donors (Lipinski definition) is 0. The summed E-state index contributed by atoms with van der Waals surface area (Å²) >= 11 is 0. The number of nitrogens with zero attached hydrogens (tertiary/aromatic N) is 3. The smallest absolute Gasteiger partial charge is 0.309 e. The fourth-order valence-electron chi connectivity index (χ4n) is 16.5. The molecule has 0 aliphatic rings. The van der Waals surface area contributed by atoms with E-state index in [0.717, 1.165) is 116 Å². The predicted molar refractivity (Wildman–Crippen MR) is 508 cm³/mol. The van der Waals surface area contributed by atoms with Crippen molar-refractivity contribution in [2.75, 3.05) is 79.3 Å². The van der Waals surface area contributed by atoms with Crippen LogP contribution in [0.15, 0.2) is 255 Å². The Morgan fingerprint density at radius 2 is 0.304 bits per heavy atom. The average molecular weight is 1820 g/mol. The van der Waals surface area contributed by atoms with Crippen LogP contribution in [0.3, 0.4) is 0 Å². The molecule has 125 heavy (non-hydrogen) atoms. The molecule has 0 fully saturated rings. The lowest BCUT2D eigenvalue weighted by Gasteiger charge is -2.21. The Hall–Kier alpha value is -8.83. The Kier molecular flexibility index (Phi) is 27.8. The van der Waals surface area contributed by atoms with Gasteiger partial charge in [-0.25, -0.2) is 0 Å². The zero-order chi connectivity index (χ0) is 88.2. The number of hydrogen-bond acceptors (Lipinski definition) is 19. The molecule has 650 valence electrons. The molecular weight excluding hydrogens is 1720 g/mol. The molecule has 0 aliphatic carbocycles. The summed E-state index contributed by atoms with van der Waals surface area (Å²) in [5, 5.41) is 8.51. The molecule has 12 aromatic carbocycles. The summed E-state index contributed by atoms with van der Waals surface area (Å²) in [6, 6.07) is 81.2. The van der Waals surface area contributed by atoms with Gasteiger partial charge in [-0.15, -0.1) is 0 Å². The minimum Gasteiger partial charge on any atom is -0.309 e. The summed E-state index contributed by atoms with van der Waals surface area (Å²) in [6.07, 6.45) is 0. The fraction of sp³-hybridized carbons (Fsp3) is 0.250. The van der Waals surface area contributed by atoms with E-state index >= 15 is 4.57 Å². The van der Waals surface area contributed by atoms with Crippen molar-refractivity contribution in [2.24, 2.45) is 0 Å². The van der Waals surface area contributed by atoms with Crippen molar-refractivity contribution in [1.82, 2.24) is 13.7 Å². The second-order valence-electron chi connectivity index (χ2n) is 29.1. The highest BCUT2D eigenvalue weighted by atomic mass is 31.2. The lowest BCUT2D eigenvalue weighted by atomic mass is 10.1. The van der Waals surface area contributed by atoms with Gasteiger partial charge in [0.2, 0.25) is 0 Å². The normalized spacial score (nSPS) is 12.8. The number of benzene rings is 12. The lowest BCUT2D eigenvalue weighted by molar-refractivity contribution is 0.229. The van der Waals surface area contributed by atoms with Crippen LogP contribution in [-0.2, 0) is 86.2 Å². The van der Waals surface area contributed by atoms with Crippen LogP contribution in [-0.4, -0.2) is 93.0 Å². The van der Waals surface area contributed by atoms with Crippen molar-refractivity contribution >= 4 is 166 Å². The number of fused-ring (bicyclic) bond motifs is 9. The topological polar surface area (TPSA) is 245 Å². The zero-order valence-electron chi connectivity index (χ0n) is 72.0. The van der Waals surface area contributed by atoms with Gasteiger partial charge < -0.3 is 72.6 Å². The van der Waals surface area contributed by atoms with Gasteiger partial charge >= 0.3 is 45.6 Å². The first-order chi connectivity index (χ1) is 60.4. The molecule has 0 aliphatic heterocycles. The molecule has 0 bridgehead atoms. The lowest BCUT2D eigenvalue weighted by Crippen LogP contribution is -2.25. The Morgan fingerprint density at radius 1 is 0.176 bits per heavy atom. The van der Waals surface area contributed by atoms with E-state index in [1.54, 1.807) is 119 Å². The van der Waals surface area contributed by atoms with Crippen LogP contribution < -0.4 is 47.7 Å². The largest absolute Gasteiger partial charge is 0.361 e. The Labute approximate surface area is 728 Å². The summed E-state index contributed by atoms with van der Waals surface area (Å²) in [7, 11) is -26.1. The highest BCUT2D eigenvalue weighted by molar-refractivity contribution is 7.85. The first-order valence-corrected chi connectivity index (χ1v) is 53.3. The minimum atomic E-state index is -3.74. The summed E-state index contributed by atoms with van der Waals surface area (Å²) in [4.78, 5) is 0. The van der Waals surface area contributed by atoms with Crippen molar-refractivity contribution in [1.29, 1.82) is 0 Å². The maximum absolute atomic E-state index is 17.0. The van der Waals surface area contributed by atoms with Gasteiger partial charge in [0.15, 0.2) is 7.14 Å². The summed E-state index contributed by atoms with van der Waals surface area (Å²) in [5.41, 5.74) is 12.5. The van der Waals surface area contributed by atoms with Gasteiger partial charge in [0, 0.05) is 65.3 Å². The Balaban J connectivity index is 0.799. The maximum atomic E-state index is 17.0. The van der Waals surface area contributed by atoms with Gasteiger partial charge in [-0.05, 0) is 262 Å². The summed E-state index contributed by atoms with van der Waals surface area (Å²) in [5.74, 6) is 0. The number of aromatic nitrogens is 3. The van der Waals surface area contributed by atoms with Crippen LogP contribution in [0.5, 0.6) is 0 Å². The average Bonchev–Trinajstić information content (AvgIpc) is 1.62. The van der Waals surface area contributed by atoms with Crippen LogP contribution >= 0.6 is 52.7 Å². The molecule has 0 atom stereocenters. The van der Waals surface area contributed by atoms with Crippen molar-refractivity contribution < 1.29 is 86.2 Å². The first-order valence-electron chi connectivity index (χ1n) is 42.3. The molecule has 0 unspecified atom stereocenters. The van der Waals surface area contributed by atoms with Crippen molar-refractivity contribution in [3.63, 3.8) is 0 Å². The highest BCUT2D eigenvalue weighted by Crippen LogP contribution is 2.55. The summed E-state index contributed by atoms with van der Waals surface area (Å²) in [6.45, 7) is 23.3. The highest BCUT2D eigenvalue weighted by Gasteiger charge is 2.37. The van der Waals surface area contributed by atoms with Crippen molar-refractivity contribution in [3.05, 3.63) is 255 Å². The molecule has 0 amide bonds. The monoisotopic (exact) mass is 1820 g/mol. The van der Waals surface area contributed by atoms with E-state index < -0.39 is 52.7 Å². The van der Waals surface area contributed by atoms with E-state index in [2.05, 4.69) is 13.7 Å². The molecule has 0 N–H and O–H groups in total. The minimum absolute atomic E-state index is 0.168. The van der Waals surface area contributed by atoms with E-state index in [1.807, 2.05) is 218 Å². The molecule has 0 saturated heterocycles. The van der Waals surface area contributed by atoms with Crippen LogP contribution in [0, 0.1) is 0 Å². The molecule has 0 saturated carbocycles. The van der Waals surface area contributed by atoms with Gasteiger partial charge in [0.05, 0.1) is 144 Å². The van der Waals surface area contributed by atoms with Crippen LogP contribution in [0.2, 0.25) is 0 Å². The van der Waals surface area contributed by atoms with E-state index in [-0.39, 0.29) is 79.3 Å². The van der Waals surface area contributed by atoms with Crippen LogP contribution in [0.1, 0.15) is 83.1 Å². The molecule has 15 aromatic rings. The second-order valence-corrected chi connectivity index (χ2v) is 44.0. The maximum Gasteiger partial charge on any atom is 0.361 e. The third-order valence-electron chi connectivity index (χ3n) is 21.8. The third kappa shape index (κ3) is 17.4. The van der Waals surface area contributed by atoms with E-state index in [9.17, 15) is 27.4 Å². The molecule has 29 heteroatoms. The van der Waals surface area contributed by atoms with E-state index in [1.165, 1.54) is 0 Å². The van der Waals surface area contributed by atoms with Crippen LogP contribution in [0.4, 0.5) is 0 Å². The molecule has 22 nitrogen and oxygen atoms in total. The molecule has 3 aromatic heterocycles. The fourth-order valence-corrected chi connectivity index (χ4v) is 28.6. The Bertz CT molecular complexity index is 5880. The molecule has 0 spiro atoms. The SMILES string of the molecule is CCOP(=O)(OCC)c1ccc2c(c1)c1cc(P(=O)(OCC)OCC)ccc1n2-c1ccc(-c2ccc(P(=O)(c3ccc(-c4ccc(-n5c6ccc(P(=O)(OCC)OCC)cc6c6cc(P(=O)(OCC)OCC)ccc65)cc4)cc3)c3ccc(-c4ccc(-n5c6ccc(P(=O)(OCC)OCC)cc6c6cc(P(=O)(OCC)OCC)ccc65)cc4)cc3)cc2)cc1. The standard InChI is InChI=1S/C96H102N3O19P7/c1-13-107-120(101,108-14-2)79-49-55-91-85(61-79)86-62-80(121(102,109-15-3)110-16-4)50-56-92(86)97(91)73-37-25-67(26-38-73)70-31-43-76(44-32-70)119(100,77-45-33-71(34-46-77)68-27-39-74(40-28-68)98-93-57-51-81(122(103,111-17-5)112-18-6)63-87(93)88-64-82(52-58-94(88)98)123(104,113-19-7)114-20-8)78-47-35-72(36-48-78)69-29-41-75(42-30-69)99-95-59-53-83(124(105,115-21-9)116-22-10)65-89(95)90-66-84(54-60-96(90)99)125(106,117-23-11)118-24-12/h25-66H,13-24H2,1-12H3. The van der Waals surface area contributed by atoms with E-state index in [0.29, 0.717) is 47.7 Å². The van der Waals surface area contributed by atoms with Crippen LogP contribution in [0.25, 0.3) is 116 Å². The first kappa shape index (κ1) is 90.9. The molecule has 15 rings (SSSR count). The zero-order valence-corrected chi connectivity index (χ0v) is 78.2. The quantitative estimate of drug-likeness (QED) is 0.0325. The third-order valence-corrected chi connectivity index (χ3v) is 37.5. The molecule has 3 heterocycles. The van der Waals surface area contributed by atoms with Crippen molar-refractivity contribution in [3.8, 4) is 50.4 Å². The second kappa shape index (κ2) is 38.2. The van der Waals surface area contributed by atoms with Gasteiger partial charge in [-0.3, -0.25) is 27.4 Å². The van der Waals surface area contributed by atoms with Gasteiger partial charge in [-0.2, -0.15) is 0 Å². The summed E-state index contributed by atoms with van der Waals surface area (Å²) < 4.78 is 179.